The molecule has 0 aromatic heterocycles. The van der Waals surface area contributed by atoms with Crippen molar-refractivity contribution in [1.82, 2.24) is 4.31 Å². The monoisotopic (exact) mass is 333 g/mol. The summed E-state index contributed by atoms with van der Waals surface area (Å²) in [6, 6.07) is 4.34. The highest BCUT2D eigenvalue weighted by atomic mass is 35.5. The zero-order valence-corrected chi connectivity index (χ0v) is 13.0. The number of ether oxygens (including phenoxy) is 1. The molecule has 0 unspecified atom stereocenters. The number of rotatable bonds is 4. The summed E-state index contributed by atoms with van der Waals surface area (Å²) in [5, 5.41) is 9.35. The Morgan fingerprint density at radius 2 is 2.19 bits per heavy atom. The van der Waals surface area contributed by atoms with E-state index < -0.39 is 21.9 Å². The SMILES string of the molecule is COc1ccc(Cl)cc1S(=O)(=O)N1CCC[C@@H](C(=O)O)C1. The third-order valence-electron chi connectivity index (χ3n) is 3.48. The van der Waals surface area contributed by atoms with E-state index in [-0.39, 0.29) is 22.2 Å². The van der Waals surface area contributed by atoms with Gasteiger partial charge in [-0.05, 0) is 31.0 Å². The largest absolute Gasteiger partial charge is 0.495 e. The minimum absolute atomic E-state index is 0.0344. The first-order chi connectivity index (χ1) is 9.86. The van der Waals surface area contributed by atoms with Crippen LogP contribution in [0.3, 0.4) is 0 Å². The summed E-state index contributed by atoms with van der Waals surface area (Å²) in [6.45, 7) is 0.259. The third-order valence-corrected chi connectivity index (χ3v) is 5.60. The first-order valence-electron chi connectivity index (χ1n) is 6.42. The molecule has 1 aromatic carbocycles. The Labute approximate surface area is 128 Å². The molecule has 0 radical (unpaired) electrons. The highest BCUT2D eigenvalue weighted by Gasteiger charge is 2.34. The van der Waals surface area contributed by atoms with Crippen LogP contribution in [0.1, 0.15) is 12.8 Å². The maximum atomic E-state index is 12.7. The molecular formula is C13H16ClNO5S. The van der Waals surface area contributed by atoms with Gasteiger partial charge >= 0.3 is 5.97 Å². The molecule has 0 aliphatic carbocycles. The number of halogens is 1. The van der Waals surface area contributed by atoms with Gasteiger partial charge in [-0.3, -0.25) is 4.79 Å². The summed E-state index contributed by atoms with van der Waals surface area (Å²) in [7, 11) is -2.46. The van der Waals surface area contributed by atoms with Gasteiger partial charge in [0.05, 0.1) is 13.0 Å². The second kappa shape index (κ2) is 6.21. The molecular weight excluding hydrogens is 318 g/mol. The molecule has 1 heterocycles. The molecule has 8 heteroatoms. The third kappa shape index (κ3) is 3.30. The number of carboxylic acid groups (broad SMARTS) is 1. The number of hydrogen-bond acceptors (Lipinski definition) is 4. The molecule has 1 N–H and O–H groups in total. The minimum Gasteiger partial charge on any atom is -0.495 e. The molecule has 0 amide bonds. The summed E-state index contributed by atoms with van der Waals surface area (Å²) in [5.41, 5.74) is 0. The van der Waals surface area contributed by atoms with E-state index >= 15 is 0 Å². The van der Waals surface area contributed by atoms with E-state index in [9.17, 15) is 13.2 Å². The van der Waals surface area contributed by atoms with Gasteiger partial charge in [-0.25, -0.2) is 8.42 Å². The average Bonchev–Trinajstić information content (AvgIpc) is 2.47. The Kier molecular flexibility index (Phi) is 4.75. The van der Waals surface area contributed by atoms with Crippen LogP contribution in [0.4, 0.5) is 0 Å². The maximum Gasteiger partial charge on any atom is 0.307 e. The summed E-state index contributed by atoms with van der Waals surface area (Å²) in [5.74, 6) is -1.47. The molecule has 6 nitrogen and oxygen atoms in total. The van der Waals surface area contributed by atoms with Crippen LogP contribution in [-0.4, -0.2) is 44.0 Å². The van der Waals surface area contributed by atoms with Gasteiger partial charge in [0.2, 0.25) is 10.0 Å². The van der Waals surface area contributed by atoms with E-state index in [1.807, 2.05) is 0 Å². The lowest BCUT2D eigenvalue weighted by Gasteiger charge is -2.30. The lowest BCUT2D eigenvalue weighted by molar-refractivity contribution is -0.142. The Bertz CT molecular complexity index is 646. The number of piperidine rings is 1. The topological polar surface area (TPSA) is 83.9 Å². The zero-order chi connectivity index (χ0) is 15.6. The number of carbonyl (C=O) groups is 1. The van der Waals surface area contributed by atoms with Gasteiger partial charge in [-0.2, -0.15) is 4.31 Å². The maximum absolute atomic E-state index is 12.7. The highest BCUT2D eigenvalue weighted by molar-refractivity contribution is 7.89. The number of benzene rings is 1. The number of methoxy groups -OCH3 is 1. The van der Waals surface area contributed by atoms with Crippen molar-refractivity contribution in [2.75, 3.05) is 20.2 Å². The van der Waals surface area contributed by atoms with Crippen LogP contribution in [0.25, 0.3) is 0 Å². The van der Waals surface area contributed by atoms with Crippen LogP contribution in [0.15, 0.2) is 23.1 Å². The number of hydrogen-bond donors (Lipinski definition) is 1. The second-order valence-corrected chi connectivity index (χ2v) is 7.18. The van der Waals surface area contributed by atoms with Gasteiger partial charge < -0.3 is 9.84 Å². The van der Waals surface area contributed by atoms with Crippen molar-refractivity contribution in [1.29, 1.82) is 0 Å². The van der Waals surface area contributed by atoms with Crippen LogP contribution in [0.2, 0.25) is 5.02 Å². The number of nitrogens with zero attached hydrogens (tertiary/aromatic N) is 1. The van der Waals surface area contributed by atoms with E-state index in [0.29, 0.717) is 19.4 Å². The minimum atomic E-state index is -3.83. The Morgan fingerprint density at radius 1 is 1.48 bits per heavy atom. The predicted molar refractivity (Wildman–Crippen MR) is 77.1 cm³/mol. The zero-order valence-electron chi connectivity index (χ0n) is 11.5. The van der Waals surface area contributed by atoms with E-state index in [1.54, 1.807) is 0 Å². The van der Waals surface area contributed by atoms with Crippen molar-refractivity contribution >= 4 is 27.6 Å². The molecule has 1 aliphatic heterocycles. The molecule has 0 bridgehead atoms. The lowest BCUT2D eigenvalue weighted by Crippen LogP contribution is -2.42. The Morgan fingerprint density at radius 3 is 2.81 bits per heavy atom. The van der Waals surface area contributed by atoms with E-state index in [0.717, 1.165) is 0 Å². The quantitative estimate of drug-likeness (QED) is 0.908. The van der Waals surface area contributed by atoms with Crippen LogP contribution in [-0.2, 0) is 14.8 Å². The van der Waals surface area contributed by atoms with Gasteiger partial charge in [-0.15, -0.1) is 0 Å². The molecule has 0 spiro atoms. The normalized spacial score (nSPS) is 20.2. The molecule has 0 saturated carbocycles. The fourth-order valence-corrected chi connectivity index (χ4v) is 4.30. The van der Waals surface area contributed by atoms with Crippen molar-refractivity contribution < 1.29 is 23.1 Å². The van der Waals surface area contributed by atoms with Gasteiger partial charge in [0, 0.05) is 18.1 Å². The smallest absolute Gasteiger partial charge is 0.307 e. The summed E-state index contributed by atoms with van der Waals surface area (Å²) >= 11 is 5.87. The van der Waals surface area contributed by atoms with Crippen LogP contribution in [0.5, 0.6) is 5.75 Å². The van der Waals surface area contributed by atoms with Gasteiger partial charge in [0.25, 0.3) is 0 Å². The fourth-order valence-electron chi connectivity index (χ4n) is 2.35. The molecule has 2 rings (SSSR count). The molecule has 1 aromatic rings. The summed E-state index contributed by atoms with van der Waals surface area (Å²) < 4.78 is 31.6. The predicted octanol–water partition coefficient (Wildman–Crippen LogP) is 1.83. The van der Waals surface area contributed by atoms with Crippen LogP contribution < -0.4 is 4.74 Å². The molecule has 21 heavy (non-hydrogen) atoms. The summed E-state index contributed by atoms with van der Waals surface area (Å²) in [6.07, 6.45) is 0.993. The molecule has 1 saturated heterocycles. The van der Waals surface area contributed by atoms with E-state index in [4.69, 9.17) is 21.4 Å². The average molecular weight is 334 g/mol. The van der Waals surface area contributed by atoms with Gasteiger partial charge in [0.15, 0.2) is 0 Å². The van der Waals surface area contributed by atoms with Crippen molar-refractivity contribution in [3.63, 3.8) is 0 Å². The first kappa shape index (κ1) is 16.1. The Hall–Kier alpha value is -1.31. The van der Waals surface area contributed by atoms with Crippen molar-refractivity contribution in [3.05, 3.63) is 23.2 Å². The van der Waals surface area contributed by atoms with Gasteiger partial charge in [-0.1, -0.05) is 11.6 Å². The van der Waals surface area contributed by atoms with Crippen molar-refractivity contribution in [2.24, 2.45) is 5.92 Å². The number of sulfonamides is 1. The number of carboxylic acids is 1. The molecule has 1 aliphatic rings. The standard InChI is InChI=1S/C13H16ClNO5S/c1-20-11-5-4-10(14)7-12(11)21(18,19)15-6-2-3-9(8-15)13(16)17/h4-5,7,9H,2-3,6,8H2,1H3,(H,16,17)/t9-/m1/s1. The van der Waals surface area contributed by atoms with E-state index in [1.165, 1.54) is 29.6 Å². The van der Waals surface area contributed by atoms with Crippen LogP contribution in [0, 0.1) is 5.92 Å². The molecule has 1 atom stereocenters. The summed E-state index contributed by atoms with van der Waals surface area (Å²) in [4.78, 5) is 11.0. The molecule has 116 valence electrons. The lowest BCUT2D eigenvalue weighted by atomic mass is 10.0. The molecule has 1 fully saturated rings. The second-order valence-electron chi connectivity index (χ2n) is 4.84. The fraction of sp³-hybridized carbons (Fsp3) is 0.462. The van der Waals surface area contributed by atoms with Crippen LogP contribution >= 0.6 is 11.6 Å². The highest BCUT2D eigenvalue weighted by Crippen LogP contribution is 2.31. The Balaban J connectivity index is 2.38. The number of aliphatic carboxylic acids is 1. The van der Waals surface area contributed by atoms with Crippen molar-refractivity contribution in [2.45, 2.75) is 17.7 Å². The van der Waals surface area contributed by atoms with E-state index in [2.05, 4.69) is 0 Å². The first-order valence-corrected chi connectivity index (χ1v) is 8.24. The van der Waals surface area contributed by atoms with Crippen molar-refractivity contribution in [3.8, 4) is 5.75 Å². The van der Waals surface area contributed by atoms with Gasteiger partial charge in [0.1, 0.15) is 10.6 Å².